The van der Waals surface area contributed by atoms with E-state index in [4.69, 9.17) is 0 Å². The molecule has 0 unspecified atom stereocenters. The van der Waals surface area contributed by atoms with E-state index in [0.29, 0.717) is 11.8 Å². The van der Waals surface area contributed by atoms with Gasteiger partial charge in [0.15, 0.2) is 0 Å². The van der Waals surface area contributed by atoms with Crippen molar-refractivity contribution in [2.24, 2.45) is 11.8 Å². The summed E-state index contributed by atoms with van der Waals surface area (Å²) in [5, 5.41) is 3.06. The molecule has 0 heterocycles. The van der Waals surface area contributed by atoms with Gasteiger partial charge >= 0.3 is 0 Å². The zero-order chi connectivity index (χ0) is 19.1. The van der Waals surface area contributed by atoms with Gasteiger partial charge < -0.3 is 0 Å². The second-order valence-corrected chi connectivity index (χ2v) is 10.7. The second-order valence-electron chi connectivity index (χ2n) is 8.38. The maximum absolute atomic E-state index is 2.63. The highest BCUT2D eigenvalue weighted by molar-refractivity contribution is 7.73. The van der Waals surface area contributed by atoms with Crippen LogP contribution in [0.5, 0.6) is 0 Å². The van der Waals surface area contributed by atoms with Crippen LogP contribution in [-0.4, -0.2) is 5.66 Å². The summed E-state index contributed by atoms with van der Waals surface area (Å²) in [6.07, 6.45) is 5.32. The maximum Gasteiger partial charge on any atom is 0.000324 e. The van der Waals surface area contributed by atoms with Gasteiger partial charge in [-0.1, -0.05) is 96.1 Å². The van der Waals surface area contributed by atoms with Crippen LogP contribution in [0.25, 0.3) is 5.57 Å². The van der Waals surface area contributed by atoms with E-state index < -0.39 is 0 Å². The highest BCUT2D eigenvalue weighted by Crippen LogP contribution is 2.60. The van der Waals surface area contributed by atoms with E-state index in [9.17, 15) is 0 Å². The topological polar surface area (TPSA) is 0 Å². The van der Waals surface area contributed by atoms with Crippen LogP contribution in [0.1, 0.15) is 29.5 Å². The fraction of sp³-hybridized carbons (Fsp3) is 0.259. The molecule has 2 aliphatic carbocycles. The average Bonchev–Trinajstić information content (AvgIpc) is 3.27. The summed E-state index contributed by atoms with van der Waals surface area (Å²) >= 11 is 0. The summed E-state index contributed by atoms with van der Waals surface area (Å²) < 4.78 is 0. The van der Waals surface area contributed by atoms with Crippen molar-refractivity contribution in [1.82, 2.24) is 0 Å². The lowest BCUT2D eigenvalue weighted by molar-refractivity contribution is 0.706. The van der Waals surface area contributed by atoms with E-state index in [1.807, 2.05) is 0 Å². The molecule has 1 heteroatoms. The smallest absolute Gasteiger partial charge is 0.000324 e. The van der Waals surface area contributed by atoms with Crippen molar-refractivity contribution >= 4 is 24.1 Å². The third kappa shape index (κ3) is 3.15. The van der Waals surface area contributed by atoms with Crippen molar-refractivity contribution in [1.29, 1.82) is 0 Å². The Balaban J connectivity index is 1.57. The molecule has 140 valence electrons. The van der Waals surface area contributed by atoms with Gasteiger partial charge in [0, 0.05) is 5.66 Å². The second kappa shape index (κ2) is 7.34. The number of hydrogen-bond acceptors (Lipinski definition) is 0. The van der Waals surface area contributed by atoms with Crippen LogP contribution in [0.2, 0.25) is 0 Å². The number of aryl methyl sites for hydroxylation is 2. The molecular formula is C27H27P. The number of hydrogen-bond donors (Lipinski definition) is 0. The van der Waals surface area contributed by atoms with Crippen molar-refractivity contribution in [3.8, 4) is 0 Å². The van der Waals surface area contributed by atoms with Crippen LogP contribution in [0.3, 0.4) is 0 Å². The fourth-order valence-electron chi connectivity index (χ4n) is 5.38. The van der Waals surface area contributed by atoms with Crippen molar-refractivity contribution in [2.45, 2.75) is 32.3 Å². The first-order valence-electron chi connectivity index (χ1n) is 10.4. The summed E-state index contributed by atoms with van der Waals surface area (Å²) in [4.78, 5) is 0. The molecule has 3 atom stereocenters. The molecule has 0 amide bonds. The highest BCUT2D eigenvalue weighted by atomic mass is 31.1. The quantitative estimate of drug-likeness (QED) is 0.469. The third-order valence-corrected chi connectivity index (χ3v) is 9.43. The summed E-state index contributed by atoms with van der Waals surface area (Å²) in [5.74, 6) is 1.41. The SMILES string of the molecule is Cc1cc(C)cc(C2=C[C@H]3CC[C@@H]2[C@H]3P(c2ccccc2)c2ccccc2)c1. The minimum absolute atomic E-state index is 0.353. The molecule has 28 heavy (non-hydrogen) atoms. The molecule has 0 radical (unpaired) electrons. The normalized spacial score (nSPS) is 23.2. The van der Waals surface area contributed by atoms with E-state index in [-0.39, 0.29) is 7.92 Å². The summed E-state index contributed by atoms with van der Waals surface area (Å²) in [6, 6.07) is 29.6. The molecule has 0 aliphatic heterocycles. The first-order chi connectivity index (χ1) is 13.7. The van der Waals surface area contributed by atoms with Gasteiger partial charge in [-0.2, -0.15) is 0 Å². The molecule has 0 aromatic heterocycles. The molecule has 0 saturated heterocycles. The molecule has 2 aliphatic rings. The van der Waals surface area contributed by atoms with E-state index >= 15 is 0 Å². The lowest BCUT2D eigenvalue weighted by Crippen LogP contribution is -2.26. The molecule has 0 N–H and O–H groups in total. The van der Waals surface area contributed by atoms with E-state index in [1.165, 1.54) is 40.1 Å². The Labute approximate surface area is 170 Å². The van der Waals surface area contributed by atoms with Crippen molar-refractivity contribution in [3.63, 3.8) is 0 Å². The Morgan fingerprint density at radius 2 is 1.29 bits per heavy atom. The Kier molecular flexibility index (Phi) is 4.69. The van der Waals surface area contributed by atoms with Crippen LogP contribution < -0.4 is 10.6 Å². The van der Waals surface area contributed by atoms with E-state index in [1.54, 1.807) is 5.57 Å². The first kappa shape index (κ1) is 17.9. The summed E-state index contributed by atoms with van der Waals surface area (Å²) in [7, 11) is -0.353. The Bertz CT molecular complexity index is 943. The predicted octanol–water partition coefficient (Wildman–Crippen LogP) is 6.23. The molecular weight excluding hydrogens is 355 g/mol. The van der Waals surface area contributed by atoms with Crippen molar-refractivity contribution < 1.29 is 0 Å². The van der Waals surface area contributed by atoms with Crippen LogP contribution in [0, 0.1) is 25.7 Å². The van der Waals surface area contributed by atoms with E-state index in [2.05, 4.69) is 98.8 Å². The molecule has 1 fully saturated rings. The largest absolute Gasteiger partial charge is 0.0766 e. The van der Waals surface area contributed by atoms with E-state index in [0.717, 1.165) is 5.66 Å². The summed E-state index contributed by atoms with van der Waals surface area (Å²) in [5.41, 5.74) is 6.57. The molecule has 1 saturated carbocycles. The number of allylic oxidation sites excluding steroid dienone is 2. The molecule has 5 rings (SSSR count). The molecule has 3 aromatic rings. The Morgan fingerprint density at radius 1 is 0.714 bits per heavy atom. The standard InChI is InChI=1S/C27H27P/c1-19-15-20(2)17-22(16-19)26-18-21-13-14-25(26)27(21)28(23-9-5-3-6-10-23)24-11-7-4-8-12-24/h3-12,15-18,21,25,27H,13-14H2,1-2H3/t21-,25+,27+/m1/s1. The number of rotatable bonds is 4. The molecule has 2 bridgehead atoms. The van der Waals surface area contributed by atoms with Crippen LogP contribution in [0.4, 0.5) is 0 Å². The van der Waals surface area contributed by atoms with Crippen LogP contribution >= 0.6 is 7.92 Å². The minimum atomic E-state index is -0.353. The third-order valence-electron chi connectivity index (χ3n) is 6.38. The summed E-state index contributed by atoms with van der Waals surface area (Å²) in [6.45, 7) is 4.45. The number of fused-ring (bicyclic) bond motifs is 2. The molecule has 3 aromatic carbocycles. The van der Waals surface area contributed by atoms with Gasteiger partial charge in [0.1, 0.15) is 0 Å². The van der Waals surface area contributed by atoms with Crippen molar-refractivity contribution in [3.05, 3.63) is 102 Å². The van der Waals surface area contributed by atoms with Gasteiger partial charge in [-0.15, -0.1) is 0 Å². The van der Waals surface area contributed by atoms with Gasteiger partial charge in [-0.3, -0.25) is 0 Å². The van der Waals surface area contributed by atoms with Crippen LogP contribution in [0.15, 0.2) is 84.9 Å². The van der Waals surface area contributed by atoms with Crippen LogP contribution in [-0.2, 0) is 0 Å². The zero-order valence-electron chi connectivity index (χ0n) is 16.7. The lowest BCUT2D eigenvalue weighted by atomic mass is 9.90. The molecule has 0 nitrogen and oxygen atoms in total. The van der Waals surface area contributed by atoms with Gasteiger partial charge in [0.2, 0.25) is 0 Å². The Hall–Kier alpha value is -2.17. The minimum Gasteiger partial charge on any atom is -0.0766 e. The fourth-order valence-corrected chi connectivity index (χ4v) is 8.64. The zero-order valence-corrected chi connectivity index (χ0v) is 17.6. The van der Waals surface area contributed by atoms with Gasteiger partial charge in [0.25, 0.3) is 0 Å². The monoisotopic (exact) mass is 382 g/mol. The average molecular weight is 382 g/mol. The lowest BCUT2D eigenvalue weighted by Gasteiger charge is -2.30. The van der Waals surface area contributed by atoms with Gasteiger partial charge in [0.05, 0.1) is 0 Å². The predicted molar refractivity (Wildman–Crippen MR) is 123 cm³/mol. The van der Waals surface area contributed by atoms with Gasteiger partial charge in [-0.25, -0.2) is 0 Å². The van der Waals surface area contributed by atoms with Crippen molar-refractivity contribution in [2.75, 3.05) is 0 Å². The van der Waals surface area contributed by atoms with Gasteiger partial charge in [-0.05, 0) is 68.2 Å². The highest BCUT2D eigenvalue weighted by Gasteiger charge is 2.47. The Morgan fingerprint density at radius 3 is 1.86 bits per heavy atom. The maximum atomic E-state index is 2.63. The number of benzene rings is 3. The first-order valence-corrected chi connectivity index (χ1v) is 11.8. The molecule has 0 spiro atoms.